The molecule has 1 rings (SSSR count). The lowest BCUT2D eigenvalue weighted by atomic mass is 10.2. The third kappa shape index (κ3) is 3.57. The van der Waals surface area contributed by atoms with Crippen molar-refractivity contribution >= 4 is 22.1 Å². The first-order chi connectivity index (χ1) is 6.22. The highest BCUT2D eigenvalue weighted by Crippen LogP contribution is 2.18. The Kier molecular flexibility index (Phi) is 3.92. The van der Waals surface area contributed by atoms with Gasteiger partial charge in [0.1, 0.15) is 0 Å². The summed E-state index contributed by atoms with van der Waals surface area (Å²) in [4.78, 5) is 11.0. The van der Waals surface area contributed by atoms with Gasteiger partial charge >= 0.3 is 5.97 Å². The summed E-state index contributed by atoms with van der Waals surface area (Å²) in [6.45, 7) is 2.17. The fourth-order valence-corrected chi connectivity index (χ4v) is 1.75. The van der Waals surface area contributed by atoms with Crippen LogP contribution in [0.15, 0.2) is 23.1 Å². The van der Waals surface area contributed by atoms with E-state index in [9.17, 15) is 9.35 Å². The van der Waals surface area contributed by atoms with Crippen molar-refractivity contribution < 1.29 is 14.1 Å². The van der Waals surface area contributed by atoms with Crippen LogP contribution in [0.25, 0.3) is 0 Å². The van der Waals surface area contributed by atoms with Gasteiger partial charge in [-0.05, 0) is 34.0 Å². The number of esters is 1. The van der Waals surface area contributed by atoms with Gasteiger partial charge in [-0.15, -0.1) is 0 Å². The summed E-state index contributed by atoms with van der Waals surface area (Å²) in [6.07, 6.45) is 3.79. The third-order valence-corrected chi connectivity index (χ3v) is 2.43. The molecule has 0 fully saturated rings. The van der Waals surface area contributed by atoms with Gasteiger partial charge in [0.2, 0.25) is 0 Å². The van der Waals surface area contributed by atoms with E-state index in [2.05, 4.69) is 0 Å². The number of carbonyl (C=O) groups is 1. The van der Waals surface area contributed by atoms with E-state index in [1.165, 1.54) is 0 Å². The number of rotatable bonds is 3. The Morgan fingerprint density at radius 1 is 1.69 bits per heavy atom. The minimum absolute atomic E-state index is 0.238. The van der Waals surface area contributed by atoms with Crippen LogP contribution in [0.1, 0.15) is 13.3 Å². The molecule has 0 amide bonds. The number of ether oxygens (including phenoxy) is 1. The Morgan fingerprint density at radius 3 is 3.08 bits per heavy atom. The van der Waals surface area contributed by atoms with Crippen LogP contribution in [-0.4, -0.2) is 22.5 Å². The van der Waals surface area contributed by atoms with Crippen molar-refractivity contribution in [2.24, 2.45) is 0 Å². The van der Waals surface area contributed by atoms with Crippen molar-refractivity contribution in [3.63, 3.8) is 0 Å². The molecule has 4 heteroatoms. The first-order valence-corrected chi connectivity index (χ1v) is 5.32. The molecule has 0 bridgehead atoms. The zero-order valence-electron chi connectivity index (χ0n) is 7.40. The fraction of sp³-hybridized carbons (Fsp3) is 0.333. The average Bonchev–Trinajstić information content (AvgIpc) is 2.04. The number of allylic oxidation sites excluding steroid dienone is 2. The van der Waals surface area contributed by atoms with Gasteiger partial charge in [-0.1, -0.05) is 12.2 Å². The summed E-state index contributed by atoms with van der Waals surface area (Å²) in [5.74, 6) is -0.252. The molecule has 1 aliphatic heterocycles. The topological polar surface area (TPSA) is 46.5 Å². The molecule has 0 aliphatic carbocycles. The molecular weight excluding hydrogens is 188 g/mol. The molecule has 0 saturated heterocycles. The van der Waals surface area contributed by atoms with E-state index in [0.717, 1.165) is 5.57 Å². The molecule has 0 radical (unpaired) electrons. The summed E-state index contributed by atoms with van der Waals surface area (Å²) in [5, 5.41) is 3.34. The van der Waals surface area contributed by atoms with Gasteiger partial charge in [-0.25, -0.2) is 0 Å². The first-order valence-electron chi connectivity index (χ1n) is 4.01. The molecule has 1 heterocycles. The normalized spacial score (nSPS) is 20.5. The molecule has 1 N–H and O–H groups in total. The average molecular weight is 200 g/mol. The van der Waals surface area contributed by atoms with Crippen LogP contribution >= 0.6 is 10.8 Å². The van der Waals surface area contributed by atoms with Crippen molar-refractivity contribution in [2.45, 2.75) is 13.3 Å². The molecule has 13 heavy (non-hydrogen) atoms. The quantitative estimate of drug-likeness (QED) is 0.559. The van der Waals surface area contributed by atoms with E-state index in [1.807, 2.05) is 0 Å². The molecule has 0 aromatic carbocycles. The maximum absolute atomic E-state index is 11.0. The minimum Gasteiger partial charge on any atom is -0.466 e. The fourth-order valence-electron chi connectivity index (χ4n) is 0.956. The highest BCUT2D eigenvalue weighted by Gasteiger charge is 2.05. The molecule has 72 valence electrons. The summed E-state index contributed by atoms with van der Waals surface area (Å²) in [6, 6.07) is 0. The highest BCUT2D eigenvalue weighted by molar-refractivity contribution is 8.12. The Morgan fingerprint density at radius 2 is 2.46 bits per heavy atom. The highest BCUT2D eigenvalue weighted by atomic mass is 32.2. The number of hydrogen-bond acceptors (Lipinski definition) is 3. The lowest BCUT2D eigenvalue weighted by molar-refractivity contribution is -0.142. The SMILES string of the molecule is CCOC(=O)CC1=CS(O)=CC=C1. The van der Waals surface area contributed by atoms with E-state index in [0.29, 0.717) is 6.61 Å². The van der Waals surface area contributed by atoms with E-state index in [-0.39, 0.29) is 12.4 Å². The Hall–Kier alpha value is -0.870. The smallest absolute Gasteiger partial charge is 0.310 e. The maximum atomic E-state index is 11.0. The van der Waals surface area contributed by atoms with Crippen LogP contribution in [-0.2, 0) is 9.53 Å². The zero-order chi connectivity index (χ0) is 9.68. The van der Waals surface area contributed by atoms with Gasteiger partial charge in [0.05, 0.1) is 13.0 Å². The molecule has 3 nitrogen and oxygen atoms in total. The summed E-state index contributed by atoms with van der Waals surface area (Å²) in [5.41, 5.74) is 0.812. The lowest BCUT2D eigenvalue weighted by Crippen LogP contribution is -2.04. The number of carbonyl (C=O) groups excluding carboxylic acids is 1. The van der Waals surface area contributed by atoms with Crippen LogP contribution in [0, 0.1) is 0 Å². The minimum atomic E-state index is -0.822. The summed E-state index contributed by atoms with van der Waals surface area (Å²) >= 11 is 0. The van der Waals surface area contributed by atoms with Gasteiger partial charge in [0, 0.05) is 0 Å². The molecule has 0 spiro atoms. The van der Waals surface area contributed by atoms with E-state index in [1.54, 1.807) is 29.9 Å². The Balaban J connectivity index is 2.51. The van der Waals surface area contributed by atoms with E-state index < -0.39 is 10.8 Å². The van der Waals surface area contributed by atoms with Crippen molar-refractivity contribution in [2.75, 3.05) is 6.61 Å². The van der Waals surface area contributed by atoms with Gasteiger partial charge in [-0.3, -0.25) is 4.79 Å². The predicted octanol–water partition coefficient (Wildman–Crippen LogP) is 1.94. The Labute approximate surface area is 79.8 Å². The number of hydrogen-bond donors (Lipinski definition) is 1. The second kappa shape index (κ2) is 4.99. The zero-order valence-corrected chi connectivity index (χ0v) is 8.21. The van der Waals surface area contributed by atoms with Gasteiger partial charge in [0.25, 0.3) is 0 Å². The largest absolute Gasteiger partial charge is 0.466 e. The summed E-state index contributed by atoms with van der Waals surface area (Å²) in [7, 11) is -0.822. The predicted molar refractivity (Wildman–Crippen MR) is 54.8 cm³/mol. The van der Waals surface area contributed by atoms with Gasteiger partial charge in [-0.2, -0.15) is 0 Å². The summed E-state index contributed by atoms with van der Waals surface area (Å²) < 4.78 is 14.0. The first kappa shape index (κ1) is 10.2. The lowest BCUT2D eigenvalue weighted by Gasteiger charge is -2.05. The molecule has 1 atom stereocenters. The molecule has 0 aromatic heterocycles. The van der Waals surface area contributed by atoms with Crippen molar-refractivity contribution in [3.05, 3.63) is 23.1 Å². The van der Waals surface area contributed by atoms with Crippen molar-refractivity contribution in [3.8, 4) is 0 Å². The molecule has 0 aromatic rings. The second-order valence-corrected chi connectivity index (χ2v) is 3.72. The van der Waals surface area contributed by atoms with Crippen LogP contribution in [0.3, 0.4) is 0 Å². The molecular formula is C9H12O3S. The van der Waals surface area contributed by atoms with E-state index in [4.69, 9.17) is 4.74 Å². The maximum Gasteiger partial charge on any atom is 0.310 e. The molecule has 0 saturated carbocycles. The molecule has 1 aliphatic rings. The second-order valence-electron chi connectivity index (χ2n) is 2.52. The third-order valence-electron chi connectivity index (χ3n) is 1.45. The van der Waals surface area contributed by atoms with Crippen molar-refractivity contribution in [1.29, 1.82) is 0 Å². The van der Waals surface area contributed by atoms with Crippen molar-refractivity contribution in [1.82, 2.24) is 0 Å². The van der Waals surface area contributed by atoms with Crippen LogP contribution in [0.2, 0.25) is 0 Å². The van der Waals surface area contributed by atoms with Gasteiger partial charge in [0.15, 0.2) is 0 Å². The van der Waals surface area contributed by atoms with Crippen LogP contribution in [0.5, 0.6) is 0 Å². The van der Waals surface area contributed by atoms with Crippen LogP contribution < -0.4 is 0 Å². The molecule has 1 unspecified atom stereocenters. The monoisotopic (exact) mass is 200 g/mol. The standard InChI is InChI=1S/C9H12O3S/c1-2-12-9(10)6-8-4-3-5-13(11)7-8/h3-5,7,11H,2,6H2,1H3. The van der Waals surface area contributed by atoms with Gasteiger partial charge < -0.3 is 9.29 Å². The Bertz CT molecular complexity index is 289. The van der Waals surface area contributed by atoms with Crippen LogP contribution in [0.4, 0.5) is 0 Å². The van der Waals surface area contributed by atoms with E-state index >= 15 is 0 Å².